The summed E-state index contributed by atoms with van der Waals surface area (Å²) in [4.78, 5) is 4.18. The van der Waals surface area contributed by atoms with Gasteiger partial charge in [0.2, 0.25) is 0 Å². The Bertz CT molecular complexity index is 198. The molecule has 1 aliphatic rings. The molecule has 1 rings (SSSR count). The highest BCUT2D eigenvalue weighted by atomic mass is 16.5. The Balaban J connectivity index is 2.07. The van der Waals surface area contributed by atoms with Crippen molar-refractivity contribution in [3.8, 4) is 0 Å². The second-order valence-electron chi connectivity index (χ2n) is 4.28. The average molecular weight is 227 g/mol. The van der Waals surface area contributed by atoms with Gasteiger partial charge in [0.25, 0.3) is 0 Å². The van der Waals surface area contributed by atoms with Gasteiger partial charge in [-0.1, -0.05) is 25.7 Å². The lowest BCUT2D eigenvalue weighted by molar-refractivity contribution is 0.0487. The number of nitrogens with one attached hydrogen (secondary N) is 1. The fraction of sp³-hybridized carbons (Fsp3) is 0.917. The molecule has 3 N–H and O–H groups in total. The lowest BCUT2D eigenvalue weighted by Gasteiger charge is -2.14. The van der Waals surface area contributed by atoms with Gasteiger partial charge in [-0.25, -0.2) is 0 Å². The van der Waals surface area contributed by atoms with Crippen LogP contribution in [0.5, 0.6) is 0 Å². The van der Waals surface area contributed by atoms with Crippen LogP contribution in [0.15, 0.2) is 4.99 Å². The molecule has 1 fully saturated rings. The van der Waals surface area contributed by atoms with Gasteiger partial charge in [0, 0.05) is 6.54 Å². The zero-order chi connectivity index (χ0) is 11.6. The third-order valence-electron chi connectivity index (χ3n) is 2.89. The highest BCUT2D eigenvalue weighted by Gasteiger charge is 2.11. The minimum Gasteiger partial charge on any atom is -0.376 e. The number of hydrogen-bond acceptors (Lipinski definition) is 2. The Hall–Kier alpha value is -0.770. The highest BCUT2D eigenvalue weighted by Crippen LogP contribution is 2.19. The highest BCUT2D eigenvalue weighted by molar-refractivity contribution is 5.77. The molecule has 0 aromatic heterocycles. The van der Waals surface area contributed by atoms with E-state index >= 15 is 0 Å². The molecule has 0 heterocycles. The van der Waals surface area contributed by atoms with E-state index < -0.39 is 0 Å². The Morgan fingerprint density at radius 1 is 1.31 bits per heavy atom. The van der Waals surface area contributed by atoms with Gasteiger partial charge in [0.1, 0.15) is 0 Å². The van der Waals surface area contributed by atoms with E-state index in [1.54, 1.807) is 0 Å². The van der Waals surface area contributed by atoms with E-state index in [1.165, 1.54) is 38.5 Å². The van der Waals surface area contributed by atoms with Crippen molar-refractivity contribution in [2.75, 3.05) is 19.7 Å². The maximum atomic E-state index is 5.80. The zero-order valence-electron chi connectivity index (χ0n) is 10.4. The minimum absolute atomic E-state index is 0.457. The summed E-state index contributed by atoms with van der Waals surface area (Å²) < 4.78 is 5.80. The molecule has 0 amide bonds. The molecule has 94 valence electrons. The van der Waals surface area contributed by atoms with Crippen molar-refractivity contribution >= 4 is 5.96 Å². The van der Waals surface area contributed by atoms with Crippen LogP contribution in [-0.4, -0.2) is 31.8 Å². The predicted octanol–water partition coefficient (Wildman–Crippen LogP) is 1.65. The summed E-state index contributed by atoms with van der Waals surface area (Å²) in [5, 5.41) is 2.97. The number of hydrogen-bond donors (Lipinski definition) is 2. The van der Waals surface area contributed by atoms with Crippen LogP contribution in [0, 0.1) is 0 Å². The molecule has 4 heteroatoms. The molecule has 4 nitrogen and oxygen atoms in total. The molecule has 0 spiro atoms. The first kappa shape index (κ1) is 13.3. The van der Waals surface area contributed by atoms with Crippen molar-refractivity contribution in [1.29, 1.82) is 0 Å². The van der Waals surface area contributed by atoms with Crippen molar-refractivity contribution in [2.45, 2.75) is 51.6 Å². The maximum absolute atomic E-state index is 5.80. The molecule has 0 atom stereocenters. The van der Waals surface area contributed by atoms with Crippen LogP contribution in [-0.2, 0) is 4.74 Å². The predicted molar refractivity (Wildman–Crippen MR) is 67.6 cm³/mol. The van der Waals surface area contributed by atoms with Crippen LogP contribution in [0.3, 0.4) is 0 Å². The van der Waals surface area contributed by atoms with Gasteiger partial charge in [0.15, 0.2) is 5.96 Å². The fourth-order valence-electron chi connectivity index (χ4n) is 2.03. The monoisotopic (exact) mass is 227 g/mol. The van der Waals surface area contributed by atoms with E-state index in [-0.39, 0.29) is 0 Å². The smallest absolute Gasteiger partial charge is 0.188 e. The first-order chi connectivity index (χ1) is 7.83. The molecule has 0 unspecified atom stereocenters. The molecule has 0 saturated heterocycles. The number of aliphatic imine (C=N–C) groups is 1. The SMILES string of the molecule is CCNC(N)=NCCOC1CCCCCC1. The summed E-state index contributed by atoms with van der Waals surface area (Å²) in [7, 11) is 0. The molecule has 0 radical (unpaired) electrons. The number of guanidine groups is 1. The van der Waals surface area contributed by atoms with Crippen molar-refractivity contribution in [3.63, 3.8) is 0 Å². The Morgan fingerprint density at radius 3 is 2.62 bits per heavy atom. The Labute approximate surface area is 98.6 Å². The first-order valence-electron chi connectivity index (χ1n) is 6.48. The molecule has 1 aliphatic carbocycles. The average Bonchev–Trinajstić information content (AvgIpc) is 2.53. The van der Waals surface area contributed by atoms with Gasteiger partial charge in [-0.15, -0.1) is 0 Å². The zero-order valence-corrected chi connectivity index (χ0v) is 10.4. The van der Waals surface area contributed by atoms with E-state index in [2.05, 4.69) is 10.3 Å². The van der Waals surface area contributed by atoms with Gasteiger partial charge in [0.05, 0.1) is 19.3 Å². The second kappa shape index (κ2) is 8.39. The topological polar surface area (TPSA) is 59.6 Å². The van der Waals surface area contributed by atoms with Crippen molar-refractivity contribution in [3.05, 3.63) is 0 Å². The van der Waals surface area contributed by atoms with Crippen LogP contribution >= 0.6 is 0 Å². The fourth-order valence-corrected chi connectivity index (χ4v) is 2.03. The first-order valence-corrected chi connectivity index (χ1v) is 6.48. The van der Waals surface area contributed by atoms with Crippen LogP contribution < -0.4 is 11.1 Å². The van der Waals surface area contributed by atoms with E-state index in [4.69, 9.17) is 10.5 Å². The molecular weight excluding hydrogens is 202 g/mol. The quantitative estimate of drug-likeness (QED) is 0.325. The summed E-state index contributed by atoms with van der Waals surface area (Å²) in [5.74, 6) is 0.520. The summed E-state index contributed by atoms with van der Waals surface area (Å²) in [6.07, 6.45) is 8.24. The molecule has 0 aliphatic heterocycles. The van der Waals surface area contributed by atoms with Crippen molar-refractivity contribution in [1.82, 2.24) is 5.32 Å². The standard InChI is InChI=1S/C12H25N3O/c1-2-14-12(13)15-9-10-16-11-7-5-3-4-6-8-11/h11H,2-10H2,1H3,(H3,13,14,15). The Kier molecular flexibility index (Phi) is 6.97. The largest absolute Gasteiger partial charge is 0.376 e. The molecule has 0 aromatic rings. The molecular formula is C12H25N3O. The summed E-state index contributed by atoms with van der Waals surface area (Å²) in [6, 6.07) is 0. The number of rotatable bonds is 5. The Morgan fingerprint density at radius 2 is 2.00 bits per heavy atom. The third-order valence-corrected chi connectivity index (χ3v) is 2.89. The summed E-state index contributed by atoms with van der Waals surface area (Å²) in [5.41, 5.74) is 5.61. The van der Waals surface area contributed by atoms with Gasteiger partial charge in [-0.05, 0) is 19.8 Å². The van der Waals surface area contributed by atoms with E-state index in [9.17, 15) is 0 Å². The minimum atomic E-state index is 0.457. The van der Waals surface area contributed by atoms with E-state index in [0.717, 1.165) is 6.54 Å². The normalized spacial score (nSPS) is 19.4. The summed E-state index contributed by atoms with van der Waals surface area (Å²) >= 11 is 0. The van der Waals surface area contributed by atoms with Crippen LogP contribution in [0.1, 0.15) is 45.4 Å². The van der Waals surface area contributed by atoms with Crippen molar-refractivity contribution in [2.24, 2.45) is 10.7 Å². The van der Waals surface area contributed by atoms with Crippen LogP contribution in [0.25, 0.3) is 0 Å². The van der Waals surface area contributed by atoms with Gasteiger partial charge < -0.3 is 15.8 Å². The lowest BCUT2D eigenvalue weighted by Crippen LogP contribution is -2.31. The lowest BCUT2D eigenvalue weighted by atomic mass is 10.1. The van der Waals surface area contributed by atoms with Gasteiger partial charge in [-0.3, -0.25) is 4.99 Å². The van der Waals surface area contributed by atoms with Gasteiger partial charge >= 0.3 is 0 Å². The molecule has 16 heavy (non-hydrogen) atoms. The number of ether oxygens (including phenoxy) is 1. The van der Waals surface area contributed by atoms with Crippen LogP contribution in [0.2, 0.25) is 0 Å². The number of nitrogens with zero attached hydrogens (tertiary/aromatic N) is 1. The molecule has 1 saturated carbocycles. The summed E-state index contributed by atoms with van der Waals surface area (Å²) in [6.45, 7) is 4.18. The maximum Gasteiger partial charge on any atom is 0.188 e. The molecule has 0 bridgehead atoms. The van der Waals surface area contributed by atoms with Crippen molar-refractivity contribution < 1.29 is 4.74 Å². The second-order valence-corrected chi connectivity index (χ2v) is 4.28. The van der Waals surface area contributed by atoms with E-state index in [0.29, 0.717) is 25.2 Å². The van der Waals surface area contributed by atoms with Crippen LogP contribution in [0.4, 0.5) is 0 Å². The molecule has 0 aromatic carbocycles. The number of nitrogens with two attached hydrogens (primary N) is 1. The third kappa shape index (κ3) is 5.95. The van der Waals surface area contributed by atoms with Gasteiger partial charge in [-0.2, -0.15) is 0 Å². The van der Waals surface area contributed by atoms with E-state index in [1.807, 2.05) is 6.92 Å².